The van der Waals surface area contributed by atoms with Gasteiger partial charge in [0, 0.05) is 69.7 Å². The zero-order valence-electron chi connectivity index (χ0n) is 26.8. The number of piperazine rings is 1. The standard InChI is InChI=1S/C31H41N5O5.C2H6/c1-22-18-24(32-14-16-33(17-15-32)25-20-34(21-25)30(39)41-31(2,3)4)8-11-27(22)35-13-12-28(37)36(29(35)38)19-23-6-9-26(40-5)10-7-23;1-2/h6-11,18,25H,12-17,19-21H2,1-5H3;1-2H3. The second-order valence-corrected chi connectivity index (χ2v) is 12.0. The van der Waals surface area contributed by atoms with Gasteiger partial charge in [-0.05, 0) is 69.2 Å². The first-order valence-corrected chi connectivity index (χ1v) is 15.3. The minimum atomic E-state index is -0.475. The summed E-state index contributed by atoms with van der Waals surface area (Å²) in [5, 5.41) is 0. The molecule has 0 saturated carbocycles. The highest BCUT2D eigenvalue weighted by Crippen LogP contribution is 2.30. The average molecular weight is 594 g/mol. The molecule has 3 heterocycles. The van der Waals surface area contributed by atoms with Crippen LogP contribution in [0, 0.1) is 6.92 Å². The van der Waals surface area contributed by atoms with E-state index in [4.69, 9.17) is 9.47 Å². The number of methoxy groups -OCH3 is 1. The largest absolute Gasteiger partial charge is 0.497 e. The van der Waals surface area contributed by atoms with E-state index < -0.39 is 5.60 Å². The molecule has 234 valence electrons. The Morgan fingerprint density at radius 1 is 0.930 bits per heavy atom. The lowest BCUT2D eigenvalue weighted by molar-refractivity contribution is -0.129. The molecule has 0 aliphatic carbocycles. The van der Waals surface area contributed by atoms with Crippen molar-refractivity contribution in [2.24, 2.45) is 0 Å². The molecule has 0 unspecified atom stereocenters. The molecule has 10 heteroatoms. The van der Waals surface area contributed by atoms with Crippen LogP contribution >= 0.6 is 0 Å². The summed E-state index contributed by atoms with van der Waals surface area (Å²) in [5.41, 5.74) is 3.37. The molecule has 3 aliphatic rings. The highest BCUT2D eigenvalue weighted by Gasteiger charge is 2.38. The minimum Gasteiger partial charge on any atom is -0.497 e. The molecule has 5 rings (SSSR count). The third kappa shape index (κ3) is 7.60. The van der Waals surface area contributed by atoms with E-state index in [-0.39, 0.29) is 31.0 Å². The van der Waals surface area contributed by atoms with Crippen LogP contribution in [-0.4, -0.2) is 97.3 Å². The van der Waals surface area contributed by atoms with Gasteiger partial charge in [0.1, 0.15) is 11.4 Å². The summed E-state index contributed by atoms with van der Waals surface area (Å²) in [6.07, 6.45) is 0.0563. The van der Waals surface area contributed by atoms with Gasteiger partial charge in [-0.1, -0.05) is 26.0 Å². The second kappa shape index (κ2) is 13.7. The number of carbonyl (C=O) groups excluding carboxylic acids is 3. The SMILES string of the molecule is CC.COc1ccc(CN2C(=O)CCN(c3ccc(N4CCN(C5CN(C(=O)OC(C)(C)C)C5)CC4)cc3C)C2=O)cc1. The maximum absolute atomic E-state index is 13.4. The number of likely N-dealkylation sites (tertiary alicyclic amines) is 1. The van der Waals surface area contributed by atoms with Gasteiger partial charge in [-0.3, -0.25) is 19.5 Å². The van der Waals surface area contributed by atoms with Gasteiger partial charge in [0.2, 0.25) is 5.91 Å². The van der Waals surface area contributed by atoms with Crippen LogP contribution in [0.4, 0.5) is 21.0 Å². The first kappa shape index (κ1) is 32.1. The van der Waals surface area contributed by atoms with Crippen molar-refractivity contribution in [3.63, 3.8) is 0 Å². The van der Waals surface area contributed by atoms with Crippen molar-refractivity contribution in [3.05, 3.63) is 53.6 Å². The highest BCUT2D eigenvalue weighted by molar-refractivity contribution is 6.06. The summed E-state index contributed by atoms with van der Waals surface area (Å²) in [6.45, 7) is 17.4. The van der Waals surface area contributed by atoms with Crippen LogP contribution in [0.5, 0.6) is 5.75 Å². The van der Waals surface area contributed by atoms with Crippen LogP contribution < -0.4 is 14.5 Å². The zero-order chi connectivity index (χ0) is 31.3. The Morgan fingerprint density at radius 2 is 1.58 bits per heavy atom. The van der Waals surface area contributed by atoms with Gasteiger partial charge in [-0.15, -0.1) is 0 Å². The summed E-state index contributed by atoms with van der Waals surface area (Å²) < 4.78 is 10.7. The van der Waals surface area contributed by atoms with E-state index in [1.54, 1.807) is 16.9 Å². The van der Waals surface area contributed by atoms with Crippen LogP contribution in [0.15, 0.2) is 42.5 Å². The summed E-state index contributed by atoms with van der Waals surface area (Å²) in [6, 6.07) is 13.7. The van der Waals surface area contributed by atoms with E-state index in [2.05, 4.69) is 21.9 Å². The number of rotatable bonds is 6. The lowest BCUT2D eigenvalue weighted by Gasteiger charge is -2.48. The summed E-state index contributed by atoms with van der Waals surface area (Å²) >= 11 is 0. The Labute approximate surface area is 256 Å². The Hall–Kier alpha value is -3.79. The Kier molecular flexibility index (Phi) is 10.2. The molecule has 4 amide bonds. The number of urea groups is 1. The summed E-state index contributed by atoms with van der Waals surface area (Å²) in [5.74, 6) is 0.576. The molecule has 0 aromatic heterocycles. The molecule has 0 bridgehead atoms. The van der Waals surface area contributed by atoms with E-state index >= 15 is 0 Å². The lowest BCUT2D eigenvalue weighted by atomic mass is 10.1. The molecule has 0 atom stereocenters. The van der Waals surface area contributed by atoms with E-state index in [1.165, 1.54) is 4.90 Å². The van der Waals surface area contributed by atoms with Gasteiger partial charge in [0.15, 0.2) is 0 Å². The first-order chi connectivity index (χ1) is 20.5. The molecule has 10 nitrogen and oxygen atoms in total. The van der Waals surface area contributed by atoms with Crippen LogP contribution in [0.2, 0.25) is 0 Å². The monoisotopic (exact) mass is 593 g/mol. The van der Waals surface area contributed by atoms with Gasteiger partial charge in [-0.2, -0.15) is 0 Å². The zero-order valence-corrected chi connectivity index (χ0v) is 26.8. The van der Waals surface area contributed by atoms with Crippen molar-refractivity contribution in [2.75, 3.05) is 62.7 Å². The van der Waals surface area contributed by atoms with E-state index in [0.717, 1.165) is 54.4 Å². The number of imide groups is 1. The highest BCUT2D eigenvalue weighted by atomic mass is 16.6. The molecular formula is C33H47N5O5. The quantitative estimate of drug-likeness (QED) is 0.459. The lowest BCUT2D eigenvalue weighted by Crippen LogP contribution is -2.64. The molecule has 0 N–H and O–H groups in total. The van der Waals surface area contributed by atoms with Crippen molar-refractivity contribution in [1.29, 1.82) is 0 Å². The number of nitrogens with zero attached hydrogens (tertiary/aromatic N) is 5. The van der Waals surface area contributed by atoms with Crippen LogP contribution in [-0.2, 0) is 16.1 Å². The number of amides is 4. The minimum absolute atomic E-state index is 0.158. The van der Waals surface area contributed by atoms with Crippen molar-refractivity contribution in [3.8, 4) is 5.75 Å². The molecule has 0 radical (unpaired) electrons. The van der Waals surface area contributed by atoms with Crippen LogP contribution in [0.3, 0.4) is 0 Å². The number of hydrogen-bond acceptors (Lipinski definition) is 7. The number of benzene rings is 2. The fourth-order valence-corrected chi connectivity index (χ4v) is 5.63. The molecule has 3 aliphatic heterocycles. The van der Waals surface area contributed by atoms with E-state index in [0.29, 0.717) is 25.7 Å². The molecule has 2 aromatic carbocycles. The van der Waals surface area contributed by atoms with Crippen LogP contribution in [0.25, 0.3) is 0 Å². The Morgan fingerprint density at radius 3 is 2.16 bits per heavy atom. The van der Waals surface area contributed by atoms with Gasteiger partial charge in [0.25, 0.3) is 0 Å². The average Bonchev–Trinajstić information content (AvgIpc) is 2.96. The number of anilines is 2. The third-order valence-electron chi connectivity index (χ3n) is 7.99. The second-order valence-electron chi connectivity index (χ2n) is 12.0. The summed E-state index contributed by atoms with van der Waals surface area (Å²) in [7, 11) is 1.61. The summed E-state index contributed by atoms with van der Waals surface area (Å²) in [4.78, 5) is 48.0. The van der Waals surface area contributed by atoms with Crippen molar-refractivity contribution in [2.45, 2.75) is 66.2 Å². The maximum atomic E-state index is 13.4. The third-order valence-corrected chi connectivity index (χ3v) is 7.99. The number of hydrogen-bond donors (Lipinski definition) is 0. The number of aryl methyl sites for hydroxylation is 1. The Bertz CT molecular complexity index is 1280. The van der Waals surface area contributed by atoms with Gasteiger partial charge in [-0.25, -0.2) is 9.59 Å². The van der Waals surface area contributed by atoms with E-state index in [9.17, 15) is 14.4 Å². The smallest absolute Gasteiger partial charge is 0.410 e. The number of carbonyl (C=O) groups is 3. The topological polar surface area (TPSA) is 85.9 Å². The van der Waals surface area contributed by atoms with Gasteiger partial charge >= 0.3 is 12.1 Å². The van der Waals surface area contributed by atoms with Crippen molar-refractivity contribution >= 4 is 29.4 Å². The Balaban J connectivity index is 0.00000207. The molecule has 3 saturated heterocycles. The van der Waals surface area contributed by atoms with Crippen molar-refractivity contribution < 1.29 is 23.9 Å². The molecular weight excluding hydrogens is 546 g/mol. The molecule has 3 fully saturated rings. The van der Waals surface area contributed by atoms with Gasteiger partial charge < -0.3 is 19.3 Å². The van der Waals surface area contributed by atoms with Crippen LogP contribution in [0.1, 0.15) is 52.2 Å². The predicted octanol–water partition coefficient (Wildman–Crippen LogP) is 5.13. The molecule has 43 heavy (non-hydrogen) atoms. The van der Waals surface area contributed by atoms with Crippen molar-refractivity contribution in [1.82, 2.24) is 14.7 Å². The number of ether oxygens (including phenoxy) is 2. The first-order valence-electron chi connectivity index (χ1n) is 15.3. The fraction of sp³-hybridized carbons (Fsp3) is 0.545. The van der Waals surface area contributed by atoms with Gasteiger partial charge in [0.05, 0.1) is 13.7 Å². The maximum Gasteiger partial charge on any atom is 0.410 e. The molecule has 2 aromatic rings. The molecule has 0 spiro atoms. The van der Waals surface area contributed by atoms with E-state index in [1.807, 2.05) is 71.9 Å². The normalized spacial score (nSPS) is 18.2. The fourth-order valence-electron chi connectivity index (χ4n) is 5.63. The predicted molar refractivity (Wildman–Crippen MR) is 169 cm³/mol.